The molecule has 3 aromatic carbocycles. The highest BCUT2D eigenvalue weighted by atomic mass is 16.5. The molecule has 0 saturated carbocycles. The van der Waals surface area contributed by atoms with E-state index in [1.165, 1.54) is 11.1 Å². The molecule has 0 spiro atoms. The normalized spacial score (nSPS) is 11.1. The van der Waals surface area contributed by atoms with E-state index in [-0.39, 0.29) is 0 Å². The Hall–Kier alpha value is -3.27. The first-order valence-electron chi connectivity index (χ1n) is 10.9. The van der Waals surface area contributed by atoms with Gasteiger partial charge in [-0.25, -0.2) is 4.98 Å². The maximum Gasteiger partial charge on any atom is 0.147 e. The average Bonchev–Trinajstić information content (AvgIpc) is 3.13. The maximum atomic E-state index is 6.16. The Kier molecular flexibility index (Phi) is 6.56. The fourth-order valence-electron chi connectivity index (χ4n) is 3.76. The van der Waals surface area contributed by atoms with Gasteiger partial charge in [0, 0.05) is 6.54 Å². The van der Waals surface area contributed by atoms with Crippen LogP contribution in [0.2, 0.25) is 0 Å². The van der Waals surface area contributed by atoms with Gasteiger partial charge >= 0.3 is 0 Å². The number of rotatable bonds is 9. The molecule has 4 nitrogen and oxygen atoms in total. The Balaban J connectivity index is 1.41. The van der Waals surface area contributed by atoms with E-state index in [4.69, 9.17) is 14.5 Å². The molecule has 0 saturated heterocycles. The zero-order valence-electron chi connectivity index (χ0n) is 18.6. The largest absolute Gasteiger partial charge is 0.493 e. The monoisotopic (exact) mass is 414 g/mol. The minimum absolute atomic E-state index is 0.457. The van der Waals surface area contributed by atoms with Gasteiger partial charge in [0.1, 0.15) is 23.9 Å². The van der Waals surface area contributed by atoms with Crippen LogP contribution in [0.4, 0.5) is 0 Å². The number of nitrogens with zero attached hydrogens (tertiary/aromatic N) is 2. The SMILES string of the molecule is Cc1ccc(C)c(OCc2nc3ccccc3n2CCCCOc2ccccc2C)c1. The molecule has 0 N–H and O–H groups in total. The fourth-order valence-corrected chi connectivity index (χ4v) is 3.76. The van der Waals surface area contributed by atoms with Crippen LogP contribution in [-0.4, -0.2) is 16.2 Å². The summed E-state index contributed by atoms with van der Waals surface area (Å²) in [6.07, 6.45) is 2.00. The maximum absolute atomic E-state index is 6.16. The molecule has 4 aromatic rings. The number of unbranched alkanes of at least 4 members (excludes halogenated alkanes) is 1. The Morgan fingerprint density at radius 2 is 1.55 bits per heavy atom. The first-order valence-corrected chi connectivity index (χ1v) is 10.9. The summed E-state index contributed by atoms with van der Waals surface area (Å²) in [5, 5.41) is 0. The Labute approximate surface area is 184 Å². The van der Waals surface area contributed by atoms with E-state index >= 15 is 0 Å². The van der Waals surface area contributed by atoms with Crippen molar-refractivity contribution in [2.45, 2.75) is 46.8 Å². The van der Waals surface area contributed by atoms with Crippen LogP contribution in [-0.2, 0) is 13.2 Å². The molecule has 0 bridgehead atoms. The van der Waals surface area contributed by atoms with Crippen molar-refractivity contribution in [1.82, 2.24) is 9.55 Å². The Morgan fingerprint density at radius 1 is 0.774 bits per heavy atom. The lowest BCUT2D eigenvalue weighted by molar-refractivity contribution is 0.283. The highest BCUT2D eigenvalue weighted by Gasteiger charge is 2.12. The summed E-state index contributed by atoms with van der Waals surface area (Å²) in [5.74, 6) is 2.85. The van der Waals surface area contributed by atoms with Crippen LogP contribution in [0.3, 0.4) is 0 Å². The molecule has 0 radical (unpaired) electrons. The van der Waals surface area contributed by atoms with Crippen molar-refractivity contribution in [2.75, 3.05) is 6.61 Å². The number of hydrogen-bond acceptors (Lipinski definition) is 3. The number of benzene rings is 3. The summed E-state index contributed by atoms with van der Waals surface area (Å²) < 4.78 is 14.4. The minimum atomic E-state index is 0.457. The highest BCUT2D eigenvalue weighted by Crippen LogP contribution is 2.23. The van der Waals surface area contributed by atoms with Crippen molar-refractivity contribution < 1.29 is 9.47 Å². The molecule has 0 aliphatic heterocycles. The third-order valence-electron chi connectivity index (χ3n) is 5.56. The predicted molar refractivity (Wildman–Crippen MR) is 126 cm³/mol. The molecule has 1 aromatic heterocycles. The molecule has 0 atom stereocenters. The van der Waals surface area contributed by atoms with Crippen molar-refractivity contribution in [3.8, 4) is 11.5 Å². The van der Waals surface area contributed by atoms with Gasteiger partial charge in [0.15, 0.2) is 0 Å². The van der Waals surface area contributed by atoms with Crippen LogP contribution in [0, 0.1) is 20.8 Å². The summed E-state index contributed by atoms with van der Waals surface area (Å²) in [4.78, 5) is 4.84. The summed E-state index contributed by atoms with van der Waals surface area (Å²) in [6, 6.07) is 22.8. The number of fused-ring (bicyclic) bond motifs is 1. The molecule has 31 heavy (non-hydrogen) atoms. The Bertz CT molecular complexity index is 1160. The van der Waals surface area contributed by atoms with Gasteiger partial charge in [0.2, 0.25) is 0 Å². The van der Waals surface area contributed by atoms with E-state index < -0.39 is 0 Å². The lowest BCUT2D eigenvalue weighted by Gasteiger charge is -2.13. The van der Waals surface area contributed by atoms with E-state index in [2.05, 4.69) is 67.8 Å². The minimum Gasteiger partial charge on any atom is -0.493 e. The number of hydrogen-bond donors (Lipinski definition) is 0. The molecule has 160 valence electrons. The third-order valence-corrected chi connectivity index (χ3v) is 5.56. The standard InChI is InChI=1S/C27H30N2O2/c1-20-14-15-22(3)26(18-20)31-19-27-28-23-11-5-6-12-24(23)29(27)16-8-9-17-30-25-13-7-4-10-21(25)2/h4-7,10-15,18H,8-9,16-17,19H2,1-3H3. The van der Waals surface area contributed by atoms with Crippen LogP contribution in [0.1, 0.15) is 35.4 Å². The second kappa shape index (κ2) is 9.69. The van der Waals surface area contributed by atoms with E-state index in [1.807, 2.05) is 24.3 Å². The molecule has 4 rings (SSSR count). The molecule has 4 heteroatoms. The number of imidazole rings is 1. The van der Waals surface area contributed by atoms with Crippen molar-refractivity contribution in [3.05, 3.63) is 89.2 Å². The van der Waals surface area contributed by atoms with E-state index in [0.717, 1.165) is 53.3 Å². The number of aryl methyl sites for hydroxylation is 4. The van der Waals surface area contributed by atoms with Gasteiger partial charge in [0.25, 0.3) is 0 Å². The van der Waals surface area contributed by atoms with Gasteiger partial charge in [-0.2, -0.15) is 0 Å². The van der Waals surface area contributed by atoms with Crippen LogP contribution in [0.25, 0.3) is 11.0 Å². The van der Waals surface area contributed by atoms with Gasteiger partial charge < -0.3 is 14.0 Å². The summed E-state index contributed by atoms with van der Waals surface area (Å²) >= 11 is 0. The van der Waals surface area contributed by atoms with Crippen molar-refractivity contribution in [2.24, 2.45) is 0 Å². The molecular formula is C27H30N2O2. The zero-order chi connectivity index (χ0) is 21.6. The number of para-hydroxylation sites is 3. The number of aromatic nitrogens is 2. The molecule has 0 fully saturated rings. The van der Waals surface area contributed by atoms with Crippen molar-refractivity contribution in [1.29, 1.82) is 0 Å². The smallest absolute Gasteiger partial charge is 0.147 e. The van der Waals surface area contributed by atoms with Crippen molar-refractivity contribution >= 4 is 11.0 Å². The third kappa shape index (κ3) is 5.08. The van der Waals surface area contributed by atoms with Gasteiger partial charge in [-0.15, -0.1) is 0 Å². The molecule has 1 heterocycles. The van der Waals surface area contributed by atoms with Gasteiger partial charge in [-0.05, 0) is 74.6 Å². The topological polar surface area (TPSA) is 36.3 Å². The molecule has 0 unspecified atom stereocenters. The lowest BCUT2D eigenvalue weighted by Crippen LogP contribution is -2.09. The van der Waals surface area contributed by atoms with E-state index in [9.17, 15) is 0 Å². The first-order chi connectivity index (χ1) is 15.1. The Morgan fingerprint density at radius 3 is 2.42 bits per heavy atom. The van der Waals surface area contributed by atoms with E-state index in [1.54, 1.807) is 0 Å². The average molecular weight is 415 g/mol. The summed E-state index contributed by atoms with van der Waals surface area (Å²) in [6.45, 7) is 8.30. The second-order valence-corrected chi connectivity index (χ2v) is 8.05. The van der Waals surface area contributed by atoms with Gasteiger partial charge in [-0.1, -0.05) is 42.5 Å². The fraction of sp³-hybridized carbons (Fsp3) is 0.296. The predicted octanol–water partition coefficient (Wildman–Crippen LogP) is 6.40. The number of ether oxygens (including phenoxy) is 2. The first kappa shape index (κ1) is 21.0. The second-order valence-electron chi connectivity index (χ2n) is 8.05. The molecule has 0 aliphatic carbocycles. The highest BCUT2D eigenvalue weighted by molar-refractivity contribution is 5.75. The lowest BCUT2D eigenvalue weighted by atomic mass is 10.1. The van der Waals surface area contributed by atoms with Crippen LogP contribution >= 0.6 is 0 Å². The summed E-state index contributed by atoms with van der Waals surface area (Å²) in [7, 11) is 0. The molecule has 0 amide bonds. The molecule has 0 aliphatic rings. The summed E-state index contributed by atoms with van der Waals surface area (Å²) in [5.41, 5.74) is 5.68. The van der Waals surface area contributed by atoms with Crippen LogP contribution in [0.5, 0.6) is 11.5 Å². The van der Waals surface area contributed by atoms with Gasteiger partial charge in [0.05, 0.1) is 17.6 Å². The van der Waals surface area contributed by atoms with Gasteiger partial charge in [-0.3, -0.25) is 0 Å². The van der Waals surface area contributed by atoms with Crippen LogP contribution < -0.4 is 9.47 Å². The van der Waals surface area contributed by atoms with E-state index in [0.29, 0.717) is 13.2 Å². The zero-order valence-corrected chi connectivity index (χ0v) is 18.6. The quantitative estimate of drug-likeness (QED) is 0.297. The van der Waals surface area contributed by atoms with Crippen molar-refractivity contribution in [3.63, 3.8) is 0 Å². The molecular weight excluding hydrogens is 384 g/mol. The van der Waals surface area contributed by atoms with Crippen LogP contribution in [0.15, 0.2) is 66.7 Å².